The van der Waals surface area contributed by atoms with Gasteiger partial charge in [-0.1, -0.05) is 0 Å². The van der Waals surface area contributed by atoms with Gasteiger partial charge in [-0.15, -0.1) is 22.7 Å². The van der Waals surface area contributed by atoms with E-state index < -0.39 is 0 Å². The first kappa shape index (κ1) is 11.7. The van der Waals surface area contributed by atoms with Crippen LogP contribution in [0.1, 0.15) is 0 Å². The molecule has 94 valence electrons. The Morgan fingerprint density at radius 3 is 2.68 bits per heavy atom. The summed E-state index contributed by atoms with van der Waals surface area (Å²) in [5, 5.41) is 0.844. The Bertz CT molecular complexity index is 876. The zero-order chi connectivity index (χ0) is 13.0. The molecule has 4 rings (SSSR count). The molecule has 4 nitrogen and oxygen atoms in total. The van der Waals surface area contributed by atoms with Crippen LogP contribution in [0.15, 0.2) is 22.8 Å². The minimum Gasteiger partial charge on any atom is -0.391 e. The molecule has 19 heavy (non-hydrogen) atoms. The van der Waals surface area contributed by atoms with Crippen molar-refractivity contribution in [1.82, 2.24) is 13.7 Å². The molecule has 2 N–H and O–H groups in total. The Balaban J connectivity index is 2.00. The molecular formula is C11H5BrN4S3. The highest BCUT2D eigenvalue weighted by Gasteiger charge is 2.15. The molecule has 0 amide bonds. The molecule has 0 aliphatic carbocycles. The molecule has 0 aliphatic rings. The van der Waals surface area contributed by atoms with Gasteiger partial charge in [0.2, 0.25) is 0 Å². The Morgan fingerprint density at radius 1 is 1.05 bits per heavy atom. The summed E-state index contributed by atoms with van der Waals surface area (Å²) in [7, 11) is 0. The molecule has 8 heteroatoms. The van der Waals surface area contributed by atoms with Crippen molar-refractivity contribution in [1.29, 1.82) is 0 Å². The van der Waals surface area contributed by atoms with Crippen LogP contribution in [-0.2, 0) is 0 Å². The molecule has 0 saturated heterocycles. The summed E-state index contributed by atoms with van der Waals surface area (Å²) in [4.78, 5) is 5.59. The minimum absolute atomic E-state index is 0.844. The summed E-state index contributed by atoms with van der Waals surface area (Å²) in [6.45, 7) is 0. The molecule has 4 aromatic rings. The van der Waals surface area contributed by atoms with Crippen molar-refractivity contribution in [3.63, 3.8) is 0 Å². The van der Waals surface area contributed by atoms with E-state index in [1.165, 1.54) is 21.1 Å². The molecule has 4 aromatic heterocycles. The molecule has 0 aliphatic heterocycles. The van der Waals surface area contributed by atoms with Crippen molar-refractivity contribution in [2.24, 2.45) is 0 Å². The molecule has 0 saturated carbocycles. The standard InChI is InChI=1S/C11H5BrN4S3/c12-4-3-14-10(11-9(4)15-19-16-11)7-1-5-6(17-7)2-8(13)18-5/h1-3H,13H2. The van der Waals surface area contributed by atoms with E-state index in [-0.39, 0.29) is 0 Å². The maximum absolute atomic E-state index is 5.80. The van der Waals surface area contributed by atoms with Gasteiger partial charge in [-0.3, -0.25) is 4.98 Å². The summed E-state index contributed by atoms with van der Waals surface area (Å²) < 4.78 is 11.9. The summed E-state index contributed by atoms with van der Waals surface area (Å²) in [6.07, 6.45) is 1.78. The van der Waals surface area contributed by atoms with Gasteiger partial charge < -0.3 is 5.73 Å². The van der Waals surface area contributed by atoms with Crippen LogP contribution in [0.5, 0.6) is 0 Å². The quantitative estimate of drug-likeness (QED) is 0.541. The average molecular weight is 369 g/mol. The molecule has 0 radical (unpaired) electrons. The summed E-state index contributed by atoms with van der Waals surface area (Å²) in [5.41, 5.74) is 8.40. The highest BCUT2D eigenvalue weighted by atomic mass is 79.9. The van der Waals surface area contributed by atoms with Crippen LogP contribution in [0.25, 0.3) is 31.0 Å². The lowest BCUT2D eigenvalue weighted by Gasteiger charge is -1.98. The van der Waals surface area contributed by atoms with Crippen molar-refractivity contribution in [3.8, 4) is 10.6 Å². The fraction of sp³-hybridized carbons (Fsp3) is 0. The number of nitrogen functional groups attached to an aromatic ring is 1. The first-order chi connectivity index (χ1) is 9.22. The lowest BCUT2D eigenvalue weighted by molar-refractivity contribution is 1.34. The summed E-state index contributed by atoms with van der Waals surface area (Å²) in [5.74, 6) is 0. The predicted molar refractivity (Wildman–Crippen MR) is 86.0 cm³/mol. The number of thiophene rings is 2. The number of hydrogen-bond acceptors (Lipinski definition) is 7. The van der Waals surface area contributed by atoms with E-state index in [1.54, 1.807) is 28.9 Å². The third-order valence-electron chi connectivity index (χ3n) is 2.71. The minimum atomic E-state index is 0.844. The van der Waals surface area contributed by atoms with Gasteiger partial charge in [0.25, 0.3) is 0 Å². The molecule has 0 unspecified atom stereocenters. The number of aromatic nitrogens is 3. The van der Waals surface area contributed by atoms with Crippen molar-refractivity contribution in [3.05, 3.63) is 22.8 Å². The van der Waals surface area contributed by atoms with Crippen LogP contribution < -0.4 is 5.73 Å². The van der Waals surface area contributed by atoms with Gasteiger partial charge in [-0.05, 0) is 28.1 Å². The van der Waals surface area contributed by atoms with E-state index in [1.807, 2.05) is 6.07 Å². The van der Waals surface area contributed by atoms with Crippen LogP contribution in [0.3, 0.4) is 0 Å². The SMILES string of the molecule is Nc1cc2sc(-c3ncc(Br)c4nsnc34)cc2s1. The Labute approximate surface area is 128 Å². The topological polar surface area (TPSA) is 64.7 Å². The normalized spacial score (nSPS) is 11.6. The summed E-state index contributed by atoms with van der Waals surface area (Å²) in [6, 6.07) is 4.12. The maximum Gasteiger partial charge on any atom is 0.133 e. The molecule has 0 bridgehead atoms. The molecule has 4 heterocycles. The molecule has 0 atom stereocenters. The second kappa shape index (κ2) is 4.20. The second-order valence-electron chi connectivity index (χ2n) is 3.90. The average Bonchev–Trinajstić information content (AvgIpc) is 3.03. The number of hydrogen-bond donors (Lipinski definition) is 1. The number of pyridine rings is 1. The number of nitrogens with zero attached hydrogens (tertiary/aromatic N) is 3. The molecule has 0 aromatic carbocycles. The Hall–Kier alpha value is -1.09. The summed E-state index contributed by atoms with van der Waals surface area (Å²) >= 11 is 7.94. The fourth-order valence-corrected chi connectivity index (χ4v) is 5.12. The van der Waals surface area contributed by atoms with Crippen LogP contribution >= 0.6 is 50.3 Å². The van der Waals surface area contributed by atoms with Gasteiger partial charge in [0, 0.05) is 15.6 Å². The van der Waals surface area contributed by atoms with Crippen molar-refractivity contribution in [2.45, 2.75) is 0 Å². The largest absolute Gasteiger partial charge is 0.391 e. The van der Waals surface area contributed by atoms with Crippen LogP contribution in [-0.4, -0.2) is 13.7 Å². The highest BCUT2D eigenvalue weighted by Crippen LogP contribution is 2.40. The van der Waals surface area contributed by atoms with Gasteiger partial charge in [0.15, 0.2) is 0 Å². The number of anilines is 1. The lowest BCUT2D eigenvalue weighted by Crippen LogP contribution is -1.84. The monoisotopic (exact) mass is 368 g/mol. The number of rotatable bonds is 1. The number of halogens is 1. The van der Waals surface area contributed by atoms with Crippen molar-refractivity contribution >= 4 is 75.8 Å². The first-order valence-corrected chi connectivity index (χ1v) is 8.44. The van der Waals surface area contributed by atoms with Crippen LogP contribution in [0.4, 0.5) is 5.00 Å². The molecule has 0 fully saturated rings. The first-order valence-electron chi connectivity index (χ1n) is 5.28. The fourth-order valence-electron chi connectivity index (χ4n) is 1.90. The number of nitrogens with two attached hydrogens (primary N) is 1. The van der Waals surface area contributed by atoms with Gasteiger partial charge in [-0.25, -0.2) is 0 Å². The predicted octanol–water partition coefficient (Wildman–Crippen LogP) is 4.37. The van der Waals surface area contributed by atoms with Gasteiger partial charge >= 0.3 is 0 Å². The van der Waals surface area contributed by atoms with Gasteiger partial charge in [-0.2, -0.15) is 8.75 Å². The third-order valence-corrected chi connectivity index (χ3v) is 5.94. The van der Waals surface area contributed by atoms with Gasteiger partial charge in [0.05, 0.1) is 26.1 Å². The van der Waals surface area contributed by atoms with E-state index in [2.05, 4.69) is 35.7 Å². The van der Waals surface area contributed by atoms with E-state index in [4.69, 9.17) is 5.73 Å². The van der Waals surface area contributed by atoms with E-state index in [0.29, 0.717) is 0 Å². The van der Waals surface area contributed by atoms with Gasteiger partial charge in [0.1, 0.15) is 16.7 Å². The number of fused-ring (bicyclic) bond motifs is 2. The maximum atomic E-state index is 5.80. The Kier molecular flexibility index (Phi) is 2.59. The van der Waals surface area contributed by atoms with Crippen LogP contribution in [0, 0.1) is 0 Å². The highest BCUT2D eigenvalue weighted by molar-refractivity contribution is 9.10. The third kappa shape index (κ3) is 1.78. The lowest BCUT2D eigenvalue weighted by atomic mass is 10.2. The van der Waals surface area contributed by atoms with Crippen LogP contribution in [0.2, 0.25) is 0 Å². The zero-order valence-corrected chi connectivity index (χ0v) is 13.3. The molecular weight excluding hydrogens is 364 g/mol. The van der Waals surface area contributed by atoms with E-state index in [0.717, 1.165) is 31.1 Å². The molecule has 0 spiro atoms. The second-order valence-corrected chi connectivity index (χ2v) is 7.49. The van der Waals surface area contributed by atoms with Crippen molar-refractivity contribution < 1.29 is 0 Å². The van der Waals surface area contributed by atoms with E-state index >= 15 is 0 Å². The zero-order valence-electron chi connectivity index (χ0n) is 9.25. The smallest absolute Gasteiger partial charge is 0.133 e. The van der Waals surface area contributed by atoms with Crippen molar-refractivity contribution in [2.75, 3.05) is 5.73 Å². The van der Waals surface area contributed by atoms with E-state index in [9.17, 15) is 0 Å². The Morgan fingerprint density at radius 2 is 1.84 bits per heavy atom.